The highest BCUT2D eigenvalue weighted by Crippen LogP contribution is 2.21. The van der Waals surface area contributed by atoms with E-state index < -0.39 is 0 Å². The van der Waals surface area contributed by atoms with Crippen LogP contribution in [-0.2, 0) is 16.0 Å². The molecule has 3 rings (SSSR count). The third kappa shape index (κ3) is 3.53. The van der Waals surface area contributed by atoms with E-state index in [1.165, 1.54) is 0 Å². The molecule has 0 N–H and O–H groups in total. The zero-order valence-electron chi connectivity index (χ0n) is 12.6. The Kier molecular flexibility index (Phi) is 4.39. The van der Waals surface area contributed by atoms with Gasteiger partial charge in [0.25, 0.3) is 0 Å². The molecule has 0 radical (unpaired) electrons. The Hall–Kier alpha value is -1.62. The predicted octanol–water partition coefficient (Wildman–Crippen LogP) is 1.33. The Morgan fingerprint density at radius 3 is 2.86 bits per heavy atom. The van der Waals surface area contributed by atoms with Gasteiger partial charge in [0.05, 0.1) is 13.2 Å². The first-order valence-corrected chi connectivity index (χ1v) is 7.76. The molecule has 1 aromatic rings. The number of pyridine rings is 1. The van der Waals surface area contributed by atoms with Gasteiger partial charge in [0.2, 0.25) is 5.91 Å². The SMILES string of the molecule is CC(=O)N1CC[C@@H](Cc2cccc(N3CCOCC3)n2)C1. The zero-order chi connectivity index (χ0) is 14.7. The lowest BCUT2D eigenvalue weighted by Gasteiger charge is -2.28. The molecule has 1 atom stereocenters. The third-order valence-electron chi connectivity index (χ3n) is 4.36. The number of nitrogens with zero attached hydrogens (tertiary/aromatic N) is 3. The highest BCUT2D eigenvalue weighted by Gasteiger charge is 2.24. The Morgan fingerprint density at radius 1 is 1.33 bits per heavy atom. The summed E-state index contributed by atoms with van der Waals surface area (Å²) in [5.41, 5.74) is 1.13. The van der Waals surface area contributed by atoms with Crippen LogP contribution in [0.25, 0.3) is 0 Å². The van der Waals surface area contributed by atoms with Gasteiger partial charge in [-0.1, -0.05) is 6.07 Å². The molecule has 21 heavy (non-hydrogen) atoms. The Morgan fingerprint density at radius 2 is 2.14 bits per heavy atom. The average Bonchev–Trinajstić information content (AvgIpc) is 2.97. The van der Waals surface area contributed by atoms with E-state index in [2.05, 4.69) is 23.1 Å². The second-order valence-electron chi connectivity index (χ2n) is 5.91. The van der Waals surface area contributed by atoms with Gasteiger partial charge in [-0.25, -0.2) is 4.98 Å². The molecule has 114 valence electrons. The van der Waals surface area contributed by atoms with Crippen LogP contribution in [-0.4, -0.2) is 55.2 Å². The Balaban J connectivity index is 1.62. The van der Waals surface area contributed by atoms with Crippen molar-refractivity contribution in [1.82, 2.24) is 9.88 Å². The van der Waals surface area contributed by atoms with Crippen molar-refractivity contribution in [2.45, 2.75) is 19.8 Å². The highest BCUT2D eigenvalue weighted by atomic mass is 16.5. The lowest BCUT2D eigenvalue weighted by atomic mass is 10.0. The van der Waals surface area contributed by atoms with Gasteiger partial charge in [0.1, 0.15) is 5.82 Å². The summed E-state index contributed by atoms with van der Waals surface area (Å²) >= 11 is 0. The summed E-state index contributed by atoms with van der Waals surface area (Å²) in [6.07, 6.45) is 2.05. The number of amides is 1. The van der Waals surface area contributed by atoms with Crippen molar-refractivity contribution in [3.05, 3.63) is 23.9 Å². The fourth-order valence-corrected chi connectivity index (χ4v) is 3.13. The molecule has 0 aliphatic carbocycles. The van der Waals surface area contributed by atoms with Crippen LogP contribution in [0.2, 0.25) is 0 Å². The van der Waals surface area contributed by atoms with Crippen molar-refractivity contribution in [3.8, 4) is 0 Å². The van der Waals surface area contributed by atoms with Crippen LogP contribution in [0.1, 0.15) is 19.0 Å². The largest absolute Gasteiger partial charge is 0.378 e. The molecule has 1 aromatic heterocycles. The molecule has 0 spiro atoms. The molecule has 1 amide bonds. The summed E-state index contributed by atoms with van der Waals surface area (Å²) in [5, 5.41) is 0. The summed E-state index contributed by atoms with van der Waals surface area (Å²) in [6, 6.07) is 6.26. The predicted molar refractivity (Wildman–Crippen MR) is 81.3 cm³/mol. The van der Waals surface area contributed by atoms with Crippen LogP contribution in [0.3, 0.4) is 0 Å². The van der Waals surface area contributed by atoms with Crippen molar-refractivity contribution in [1.29, 1.82) is 0 Å². The van der Waals surface area contributed by atoms with E-state index in [0.717, 1.165) is 63.7 Å². The molecular formula is C16H23N3O2. The van der Waals surface area contributed by atoms with Crippen LogP contribution in [0.4, 0.5) is 5.82 Å². The van der Waals surface area contributed by atoms with Crippen molar-refractivity contribution < 1.29 is 9.53 Å². The fourth-order valence-electron chi connectivity index (χ4n) is 3.13. The summed E-state index contributed by atoms with van der Waals surface area (Å²) in [4.78, 5) is 20.4. The van der Waals surface area contributed by atoms with E-state index in [-0.39, 0.29) is 5.91 Å². The van der Waals surface area contributed by atoms with Crippen molar-refractivity contribution in [2.24, 2.45) is 5.92 Å². The molecule has 2 fully saturated rings. The van der Waals surface area contributed by atoms with Gasteiger partial charge in [-0.15, -0.1) is 0 Å². The molecule has 5 nitrogen and oxygen atoms in total. The van der Waals surface area contributed by atoms with Crippen molar-refractivity contribution in [2.75, 3.05) is 44.3 Å². The third-order valence-corrected chi connectivity index (χ3v) is 4.36. The van der Waals surface area contributed by atoms with E-state index >= 15 is 0 Å². The van der Waals surface area contributed by atoms with E-state index in [9.17, 15) is 4.79 Å². The minimum absolute atomic E-state index is 0.188. The first-order chi connectivity index (χ1) is 10.2. The number of carbonyl (C=O) groups is 1. The van der Waals surface area contributed by atoms with Crippen LogP contribution < -0.4 is 4.90 Å². The highest BCUT2D eigenvalue weighted by molar-refractivity contribution is 5.73. The van der Waals surface area contributed by atoms with E-state index in [4.69, 9.17) is 9.72 Å². The van der Waals surface area contributed by atoms with E-state index in [0.29, 0.717) is 5.92 Å². The first-order valence-electron chi connectivity index (χ1n) is 7.76. The van der Waals surface area contributed by atoms with E-state index in [1.807, 2.05) is 4.90 Å². The van der Waals surface area contributed by atoms with Gasteiger partial charge < -0.3 is 14.5 Å². The summed E-state index contributed by atoms with van der Waals surface area (Å²) in [6.45, 7) is 6.81. The molecule has 0 aromatic carbocycles. The summed E-state index contributed by atoms with van der Waals surface area (Å²) in [7, 11) is 0. The monoisotopic (exact) mass is 289 g/mol. The number of morpholine rings is 1. The number of ether oxygens (including phenoxy) is 1. The molecule has 2 saturated heterocycles. The topological polar surface area (TPSA) is 45.7 Å². The van der Waals surface area contributed by atoms with Gasteiger partial charge in [-0.3, -0.25) is 4.79 Å². The van der Waals surface area contributed by atoms with Crippen LogP contribution >= 0.6 is 0 Å². The lowest BCUT2D eigenvalue weighted by molar-refractivity contribution is -0.127. The second kappa shape index (κ2) is 6.43. The van der Waals surface area contributed by atoms with Gasteiger partial charge in [0, 0.05) is 38.8 Å². The summed E-state index contributed by atoms with van der Waals surface area (Å²) < 4.78 is 5.39. The Labute approximate surface area is 125 Å². The minimum atomic E-state index is 0.188. The number of aromatic nitrogens is 1. The first kappa shape index (κ1) is 14.3. The quantitative estimate of drug-likeness (QED) is 0.842. The standard InChI is InChI=1S/C16H23N3O2/c1-13(20)19-6-5-14(12-19)11-15-3-2-4-16(17-15)18-7-9-21-10-8-18/h2-4,14H,5-12H2,1H3/t14-/m0/s1. The molecule has 2 aliphatic heterocycles. The maximum absolute atomic E-state index is 11.4. The number of likely N-dealkylation sites (tertiary alicyclic amines) is 1. The number of anilines is 1. The molecule has 3 heterocycles. The normalized spacial score (nSPS) is 22.6. The number of rotatable bonds is 3. The van der Waals surface area contributed by atoms with Crippen molar-refractivity contribution >= 4 is 11.7 Å². The maximum atomic E-state index is 11.4. The van der Waals surface area contributed by atoms with Crippen LogP contribution in [0.15, 0.2) is 18.2 Å². The number of hydrogen-bond acceptors (Lipinski definition) is 4. The molecule has 5 heteroatoms. The minimum Gasteiger partial charge on any atom is -0.378 e. The molecule has 0 bridgehead atoms. The smallest absolute Gasteiger partial charge is 0.219 e. The number of carbonyl (C=O) groups excluding carboxylic acids is 1. The molecule has 0 unspecified atom stereocenters. The fraction of sp³-hybridized carbons (Fsp3) is 0.625. The zero-order valence-corrected chi connectivity index (χ0v) is 12.6. The van der Waals surface area contributed by atoms with Crippen LogP contribution in [0, 0.1) is 5.92 Å². The second-order valence-corrected chi connectivity index (χ2v) is 5.91. The molecular weight excluding hydrogens is 266 g/mol. The summed E-state index contributed by atoms with van der Waals surface area (Å²) in [5.74, 6) is 1.78. The van der Waals surface area contributed by atoms with Gasteiger partial charge in [-0.05, 0) is 30.9 Å². The van der Waals surface area contributed by atoms with Gasteiger partial charge >= 0.3 is 0 Å². The van der Waals surface area contributed by atoms with Crippen LogP contribution in [0.5, 0.6) is 0 Å². The number of hydrogen-bond donors (Lipinski definition) is 0. The van der Waals surface area contributed by atoms with Gasteiger partial charge in [0.15, 0.2) is 0 Å². The molecule has 0 saturated carbocycles. The Bertz CT molecular complexity index is 500. The lowest BCUT2D eigenvalue weighted by Crippen LogP contribution is -2.36. The average molecular weight is 289 g/mol. The van der Waals surface area contributed by atoms with E-state index in [1.54, 1.807) is 6.92 Å². The van der Waals surface area contributed by atoms with Gasteiger partial charge in [-0.2, -0.15) is 0 Å². The maximum Gasteiger partial charge on any atom is 0.219 e. The molecule has 2 aliphatic rings. The van der Waals surface area contributed by atoms with Crippen molar-refractivity contribution in [3.63, 3.8) is 0 Å².